The number of sulfonamides is 1. The number of benzene rings is 1. The summed E-state index contributed by atoms with van der Waals surface area (Å²) in [4.78, 5) is 16.5. The van der Waals surface area contributed by atoms with E-state index in [9.17, 15) is 13.2 Å². The fraction of sp³-hybridized carbons (Fsp3) is 0.250. The summed E-state index contributed by atoms with van der Waals surface area (Å²) in [5.74, 6) is 1.30. The van der Waals surface area contributed by atoms with Crippen molar-refractivity contribution >= 4 is 27.6 Å². The van der Waals surface area contributed by atoms with Gasteiger partial charge in [-0.2, -0.15) is 0 Å². The maximum Gasteiger partial charge on any atom is 0.244 e. The minimum Gasteiger partial charge on any atom is -0.454 e. The normalized spacial score (nSPS) is 13.2. The molecule has 0 bridgehead atoms. The van der Waals surface area contributed by atoms with Gasteiger partial charge in [-0.05, 0) is 30.3 Å². The van der Waals surface area contributed by atoms with E-state index in [1.807, 2.05) is 0 Å². The van der Waals surface area contributed by atoms with Crippen LogP contribution in [0.3, 0.4) is 0 Å². The third kappa shape index (κ3) is 3.78. The molecule has 3 rings (SSSR count). The molecule has 25 heavy (non-hydrogen) atoms. The summed E-state index contributed by atoms with van der Waals surface area (Å²) in [5, 5.41) is 0.576. The van der Waals surface area contributed by atoms with Gasteiger partial charge in [-0.1, -0.05) is 11.8 Å². The lowest BCUT2D eigenvalue weighted by Gasteiger charge is -2.11. The summed E-state index contributed by atoms with van der Waals surface area (Å²) in [6.07, 6.45) is 1.29. The largest absolute Gasteiger partial charge is 0.454 e. The summed E-state index contributed by atoms with van der Waals surface area (Å²) >= 11 is 1.24. The Bertz CT molecular complexity index is 895. The van der Waals surface area contributed by atoms with Gasteiger partial charge in [0.25, 0.3) is 0 Å². The smallest absolute Gasteiger partial charge is 0.244 e. The topological polar surface area (TPSA) is 85.8 Å². The van der Waals surface area contributed by atoms with Crippen molar-refractivity contribution in [3.63, 3.8) is 0 Å². The monoisotopic (exact) mass is 380 g/mol. The molecule has 1 aromatic heterocycles. The standard InChI is InChI=1S/C16H16N2O5S2/c1-18(2)25(20,21)12-4-6-16(17-8-12)24-9-13(19)11-3-5-14-15(7-11)23-10-22-14/h3-8H,9-10H2,1-2H3. The minimum atomic E-state index is -3.50. The first-order valence-corrected chi connectivity index (χ1v) is 9.75. The highest BCUT2D eigenvalue weighted by molar-refractivity contribution is 7.99. The van der Waals surface area contributed by atoms with Crippen molar-refractivity contribution < 1.29 is 22.7 Å². The van der Waals surface area contributed by atoms with Crippen molar-refractivity contribution in [2.45, 2.75) is 9.92 Å². The predicted molar refractivity (Wildman–Crippen MR) is 92.7 cm³/mol. The van der Waals surface area contributed by atoms with Crippen LogP contribution in [0.4, 0.5) is 0 Å². The number of thioether (sulfide) groups is 1. The van der Waals surface area contributed by atoms with Gasteiger partial charge < -0.3 is 9.47 Å². The van der Waals surface area contributed by atoms with E-state index >= 15 is 0 Å². The molecule has 0 saturated carbocycles. The Kier molecular flexibility index (Phi) is 4.98. The SMILES string of the molecule is CN(C)S(=O)(=O)c1ccc(SCC(=O)c2ccc3c(c2)OCO3)nc1. The number of ketones is 1. The van der Waals surface area contributed by atoms with E-state index in [4.69, 9.17) is 9.47 Å². The average Bonchev–Trinajstić information content (AvgIpc) is 3.07. The molecule has 0 fully saturated rings. The maximum absolute atomic E-state index is 12.3. The van der Waals surface area contributed by atoms with Crippen LogP contribution in [0.2, 0.25) is 0 Å². The van der Waals surface area contributed by atoms with Crippen molar-refractivity contribution in [3.05, 3.63) is 42.1 Å². The zero-order valence-electron chi connectivity index (χ0n) is 13.6. The molecule has 1 aliphatic heterocycles. The van der Waals surface area contributed by atoms with Crippen LogP contribution in [0.25, 0.3) is 0 Å². The molecule has 0 radical (unpaired) electrons. The van der Waals surface area contributed by atoms with Gasteiger partial charge in [-0.3, -0.25) is 4.79 Å². The number of Topliss-reactive ketones (excluding diaryl/α,β-unsaturated/α-hetero) is 1. The number of hydrogen-bond donors (Lipinski definition) is 0. The molecule has 0 unspecified atom stereocenters. The molecule has 7 nitrogen and oxygen atoms in total. The molecule has 0 saturated heterocycles. The van der Waals surface area contributed by atoms with Crippen LogP contribution in [-0.2, 0) is 10.0 Å². The second kappa shape index (κ2) is 7.03. The lowest BCUT2D eigenvalue weighted by molar-refractivity contribution is 0.102. The number of ether oxygens (including phenoxy) is 2. The van der Waals surface area contributed by atoms with Crippen molar-refractivity contribution in [1.82, 2.24) is 9.29 Å². The highest BCUT2D eigenvalue weighted by atomic mass is 32.2. The minimum absolute atomic E-state index is 0.0740. The van der Waals surface area contributed by atoms with Crippen LogP contribution < -0.4 is 9.47 Å². The molecule has 1 aromatic carbocycles. The number of rotatable bonds is 6. The molecular weight excluding hydrogens is 364 g/mol. The van der Waals surface area contributed by atoms with Gasteiger partial charge in [0.2, 0.25) is 16.8 Å². The van der Waals surface area contributed by atoms with Crippen molar-refractivity contribution in [3.8, 4) is 11.5 Å². The Hall–Kier alpha value is -2.10. The molecule has 2 heterocycles. The zero-order valence-corrected chi connectivity index (χ0v) is 15.3. The zero-order chi connectivity index (χ0) is 18.0. The Balaban J connectivity index is 1.64. The summed E-state index contributed by atoms with van der Waals surface area (Å²) in [7, 11) is -0.584. The van der Waals surface area contributed by atoms with Crippen molar-refractivity contribution in [1.29, 1.82) is 0 Å². The van der Waals surface area contributed by atoms with E-state index in [1.165, 1.54) is 38.1 Å². The molecule has 1 aliphatic rings. The predicted octanol–water partition coefficient (Wildman–Crippen LogP) is 2.04. The van der Waals surface area contributed by atoms with E-state index in [0.29, 0.717) is 22.1 Å². The van der Waals surface area contributed by atoms with Crippen LogP contribution in [0.5, 0.6) is 11.5 Å². The number of pyridine rings is 1. The van der Waals surface area contributed by atoms with Crippen LogP contribution in [0.1, 0.15) is 10.4 Å². The number of carbonyl (C=O) groups excluding carboxylic acids is 1. The van der Waals surface area contributed by atoms with Gasteiger partial charge in [-0.25, -0.2) is 17.7 Å². The van der Waals surface area contributed by atoms with Crippen LogP contribution in [-0.4, -0.2) is 50.1 Å². The highest BCUT2D eigenvalue weighted by Crippen LogP contribution is 2.33. The third-order valence-electron chi connectivity index (χ3n) is 3.53. The van der Waals surface area contributed by atoms with Gasteiger partial charge in [0.05, 0.1) is 10.8 Å². The molecule has 9 heteroatoms. The van der Waals surface area contributed by atoms with E-state index in [1.54, 1.807) is 24.3 Å². The summed E-state index contributed by atoms with van der Waals surface area (Å²) in [6, 6.07) is 8.13. The van der Waals surface area contributed by atoms with E-state index in [0.717, 1.165) is 4.31 Å². The maximum atomic E-state index is 12.3. The molecule has 0 amide bonds. The highest BCUT2D eigenvalue weighted by Gasteiger charge is 2.18. The number of aromatic nitrogens is 1. The molecular formula is C16H16N2O5S2. The molecule has 2 aromatic rings. The van der Waals surface area contributed by atoms with Gasteiger partial charge in [0.1, 0.15) is 4.90 Å². The lowest BCUT2D eigenvalue weighted by atomic mass is 10.1. The summed E-state index contributed by atoms with van der Waals surface area (Å²) in [5.41, 5.74) is 0.531. The lowest BCUT2D eigenvalue weighted by Crippen LogP contribution is -2.22. The molecule has 0 atom stereocenters. The van der Waals surface area contributed by atoms with Crippen molar-refractivity contribution in [2.24, 2.45) is 0 Å². The van der Waals surface area contributed by atoms with E-state index in [-0.39, 0.29) is 23.2 Å². The van der Waals surface area contributed by atoms with Gasteiger partial charge in [-0.15, -0.1) is 0 Å². The van der Waals surface area contributed by atoms with Gasteiger partial charge in [0.15, 0.2) is 17.3 Å². The first-order chi connectivity index (χ1) is 11.9. The Labute approximate surface area is 150 Å². The Morgan fingerprint density at radius 3 is 2.64 bits per heavy atom. The Morgan fingerprint density at radius 1 is 1.20 bits per heavy atom. The fourth-order valence-corrected chi connectivity index (χ4v) is 3.69. The van der Waals surface area contributed by atoms with E-state index in [2.05, 4.69) is 4.98 Å². The molecule has 0 aliphatic carbocycles. The van der Waals surface area contributed by atoms with Crippen LogP contribution in [0, 0.1) is 0 Å². The van der Waals surface area contributed by atoms with Gasteiger partial charge in [0, 0.05) is 25.9 Å². The molecule has 0 spiro atoms. The number of hydrogen-bond acceptors (Lipinski definition) is 7. The second-order valence-electron chi connectivity index (χ2n) is 5.40. The molecule has 0 N–H and O–H groups in total. The second-order valence-corrected chi connectivity index (χ2v) is 8.55. The number of carbonyl (C=O) groups is 1. The van der Waals surface area contributed by atoms with Crippen LogP contribution in [0.15, 0.2) is 46.5 Å². The third-order valence-corrected chi connectivity index (χ3v) is 6.28. The van der Waals surface area contributed by atoms with E-state index < -0.39 is 10.0 Å². The fourth-order valence-electron chi connectivity index (χ4n) is 2.11. The first kappa shape index (κ1) is 17.7. The summed E-state index contributed by atoms with van der Waals surface area (Å²) in [6.45, 7) is 0.161. The average molecular weight is 380 g/mol. The van der Waals surface area contributed by atoms with Gasteiger partial charge >= 0.3 is 0 Å². The Morgan fingerprint density at radius 2 is 1.96 bits per heavy atom. The first-order valence-electron chi connectivity index (χ1n) is 7.32. The van der Waals surface area contributed by atoms with Crippen LogP contribution >= 0.6 is 11.8 Å². The number of nitrogens with zero attached hydrogens (tertiary/aromatic N) is 2. The van der Waals surface area contributed by atoms with Crippen molar-refractivity contribution in [2.75, 3.05) is 26.6 Å². The quantitative estimate of drug-likeness (QED) is 0.560. The number of fused-ring (bicyclic) bond motifs is 1. The molecule has 132 valence electrons. The summed E-state index contributed by atoms with van der Waals surface area (Å²) < 4.78 is 35.6.